The average molecular weight is 677 g/mol. The molecule has 3 heterocycles. The molecular weight excluding hydrogens is 629 g/mol. The van der Waals surface area contributed by atoms with E-state index >= 15 is 0 Å². The van der Waals surface area contributed by atoms with Crippen LogP contribution in [0, 0.1) is 0 Å². The molecule has 1 saturated carbocycles. The molecule has 0 amide bonds. The van der Waals surface area contributed by atoms with Crippen molar-refractivity contribution >= 4 is 42.8 Å². The second kappa shape index (κ2) is 13.0. The molecule has 0 unspecified atom stereocenters. The highest BCUT2D eigenvalue weighted by Gasteiger charge is 2.37. The molecule has 252 valence electrons. The summed E-state index contributed by atoms with van der Waals surface area (Å²) in [5.41, 5.74) is 5.18. The second-order valence-electron chi connectivity index (χ2n) is 14.9. The number of hydrogen-bond acceptors (Lipinski definition) is 9. The lowest BCUT2D eigenvalue weighted by Gasteiger charge is -2.36. The minimum Gasteiger partial charge on any atom is -0.464 e. The predicted molar refractivity (Wildman–Crippen MR) is 192 cm³/mol. The van der Waals surface area contributed by atoms with Gasteiger partial charge in [0.15, 0.2) is 19.8 Å². The first kappa shape index (κ1) is 34.6. The Balaban J connectivity index is 1.54. The van der Waals surface area contributed by atoms with Crippen LogP contribution in [0.25, 0.3) is 11.1 Å². The van der Waals surface area contributed by atoms with Crippen molar-refractivity contribution in [1.82, 2.24) is 19.7 Å². The Morgan fingerprint density at radius 3 is 2.49 bits per heavy atom. The Morgan fingerprint density at radius 2 is 1.85 bits per heavy atom. The summed E-state index contributed by atoms with van der Waals surface area (Å²) in [7, 11) is 1.01. The summed E-state index contributed by atoms with van der Waals surface area (Å²) in [4.78, 5) is 31.4. The third kappa shape index (κ3) is 7.71. The first-order valence-electron chi connectivity index (χ1n) is 16.1. The number of thiazole rings is 1. The van der Waals surface area contributed by atoms with Gasteiger partial charge in [-0.3, -0.25) is 9.89 Å². The summed E-state index contributed by atoms with van der Waals surface area (Å²) >= 11 is 1.52. The molecule has 10 nitrogen and oxygen atoms in total. The molecule has 0 spiro atoms. The van der Waals surface area contributed by atoms with Crippen molar-refractivity contribution < 1.29 is 14.0 Å². The molecule has 47 heavy (non-hydrogen) atoms. The van der Waals surface area contributed by atoms with Gasteiger partial charge in [0.2, 0.25) is 0 Å². The number of aryl methyl sites for hydroxylation is 1. The maximum atomic E-state index is 13.3. The number of carbonyl (C=O) groups excluding carboxylic acids is 1. The van der Waals surface area contributed by atoms with Crippen molar-refractivity contribution in [3.63, 3.8) is 0 Å². The molecule has 1 fully saturated rings. The molecule has 1 aromatic carbocycles. The summed E-state index contributed by atoms with van der Waals surface area (Å²) in [6, 6.07) is 9.96. The number of pyridine rings is 1. The van der Waals surface area contributed by atoms with Gasteiger partial charge < -0.3 is 24.4 Å². The van der Waals surface area contributed by atoms with Gasteiger partial charge >= 0.3 is 5.97 Å². The van der Waals surface area contributed by atoms with E-state index in [0.717, 1.165) is 50.8 Å². The number of aromatic amines is 1. The molecule has 0 atom stereocenters. The zero-order chi connectivity index (χ0) is 34.3. The topological polar surface area (TPSA) is 123 Å². The van der Waals surface area contributed by atoms with Gasteiger partial charge in [-0.15, -0.1) is 11.3 Å². The van der Waals surface area contributed by atoms with Crippen molar-refractivity contribution in [3.05, 3.63) is 73.7 Å². The van der Waals surface area contributed by atoms with E-state index in [4.69, 9.17) is 9.16 Å². The summed E-state index contributed by atoms with van der Waals surface area (Å²) in [6.07, 6.45) is 4.18. The molecule has 1 aliphatic carbocycles. The number of H-pyrrole nitrogens is 1. The number of benzene rings is 1. The molecule has 12 heteroatoms. The third-order valence-electron chi connectivity index (χ3n) is 9.09. The van der Waals surface area contributed by atoms with Crippen LogP contribution in [-0.4, -0.2) is 41.1 Å². The number of ether oxygens (including phenoxy) is 1. The maximum absolute atomic E-state index is 13.3. The monoisotopic (exact) mass is 676 g/mol. The van der Waals surface area contributed by atoms with E-state index in [0.29, 0.717) is 36.3 Å². The van der Waals surface area contributed by atoms with E-state index in [-0.39, 0.29) is 16.0 Å². The van der Waals surface area contributed by atoms with Crippen molar-refractivity contribution in [3.8, 4) is 11.1 Å². The second-order valence-corrected chi connectivity index (χ2v) is 20.8. The summed E-state index contributed by atoms with van der Waals surface area (Å²) in [5.74, 6) is 0.702. The van der Waals surface area contributed by atoms with Crippen LogP contribution < -0.4 is 16.2 Å². The fourth-order valence-corrected chi connectivity index (χ4v) is 6.95. The molecule has 0 saturated heterocycles. The highest BCUT2D eigenvalue weighted by atomic mass is 32.1. The van der Waals surface area contributed by atoms with Crippen LogP contribution in [0.1, 0.15) is 91.9 Å². The number of anilines is 3. The summed E-state index contributed by atoms with van der Waals surface area (Å²) < 4.78 is 13.5. The van der Waals surface area contributed by atoms with E-state index in [9.17, 15) is 9.59 Å². The lowest BCUT2D eigenvalue weighted by Crippen LogP contribution is -2.40. The quantitative estimate of drug-likeness (QED) is 0.108. The van der Waals surface area contributed by atoms with Gasteiger partial charge in [0.05, 0.1) is 30.1 Å². The van der Waals surface area contributed by atoms with Crippen molar-refractivity contribution in [2.45, 2.75) is 97.0 Å². The Hall–Kier alpha value is -3.74. The van der Waals surface area contributed by atoms with Crippen LogP contribution >= 0.6 is 11.3 Å². The van der Waals surface area contributed by atoms with Crippen molar-refractivity contribution in [2.75, 3.05) is 17.7 Å². The Labute approximate surface area is 282 Å². The Kier molecular flexibility index (Phi) is 9.60. The molecule has 0 aliphatic heterocycles. The van der Waals surface area contributed by atoms with Gasteiger partial charge in [-0.25, -0.2) is 9.78 Å². The number of carbonyl (C=O) groups is 1. The molecule has 5 rings (SSSR count). The highest BCUT2D eigenvalue weighted by molar-refractivity contribution is 7.12. The first-order valence-corrected chi connectivity index (χ1v) is 19.8. The smallest absolute Gasteiger partial charge is 0.357 e. The molecule has 1 aliphatic rings. The van der Waals surface area contributed by atoms with Crippen molar-refractivity contribution in [2.24, 2.45) is 7.05 Å². The van der Waals surface area contributed by atoms with Crippen LogP contribution in [0.2, 0.25) is 18.1 Å². The van der Waals surface area contributed by atoms with Gasteiger partial charge in [-0.2, -0.15) is 5.10 Å². The molecule has 3 aromatic heterocycles. The molecule has 3 N–H and O–H groups in total. The van der Waals surface area contributed by atoms with E-state index in [1.165, 1.54) is 18.4 Å². The lowest BCUT2D eigenvalue weighted by molar-refractivity contribution is 0.0593. The van der Waals surface area contributed by atoms with E-state index in [1.54, 1.807) is 11.6 Å². The van der Waals surface area contributed by atoms with Crippen LogP contribution in [-0.2, 0) is 34.8 Å². The normalized spacial score (nSPS) is 13.9. The summed E-state index contributed by atoms with van der Waals surface area (Å²) in [6.45, 7) is 18.2. The highest BCUT2D eigenvalue weighted by Crippen LogP contribution is 2.41. The fourth-order valence-electron chi connectivity index (χ4n) is 4.96. The average Bonchev–Trinajstić information content (AvgIpc) is 3.58. The fraction of sp³-hybridized carbons (Fsp3) is 0.486. The largest absolute Gasteiger partial charge is 0.464 e. The number of hydrogen-bond donors (Lipinski definition) is 3. The van der Waals surface area contributed by atoms with Crippen molar-refractivity contribution in [1.29, 1.82) is 0 Å². The number of esters is 1. The predicted octanol–water partition coefficient (Wildman–Crippen LogP) is 8.07. The standard InChI is InChI=1S/C35H48N6O4SSi/c1-34(2,3)33-38-30(32(43)44-8)28(46-33)18-36-25-13-11-12-23(24(25)20-45-47(9,10)35(4,5)6)22-16-27(31(42)41(7)19-22)37-29-17-26(39-40-29)21-14-15-21/h11-13,16-17,19,21,36H,14-15,18,20H2,1-10H3,(H2,37,39,40). The van der Waals surface area contributed by atoms with E-state index < -0.39 is 14.3 Å². The van der Waals surface area contributed by atoms with Gasteiger partial charge in [-0.05, 0) is 48.7 Å². The molecule has 4 aromatic rings. The minimum atomic E-state index is -2.13. The van der Waals surface area contributed by atoms with E-state index in [2.05, 4.69) is 86.5 Å². The van der Waals surface area contributed by atoms with Crippen LogP contribution in [0.5, 0.6) is 0 Å². The Morgan fingerprint density at radius 1 is 1.13 bits per heavy atom. The zero-order valence-corrected chi connectivity index (χ0v) is 31.1. The van der Waals surface area contributed by atoms with Gasteiger partial charge in [0.1, 0.15) is 5.69 Å². The van der Waals surface area contributed by atoms with Gasteiger partial charge in [0.25, 0.3) is 5.56 Å². The lowest BCUT2D eigenvalue weighted by atomic mass is 9.98. The van der Waals surface area contributed by atoms with Crippen LogP contribution in [0.15, 0.2) is 41.3 Å². The van der Waals surface area contributed by atoms with Crippen LogP contribution in [0.3, 0.4) is 0 Å². The number of rotatable bonds is 11. The number of aromatic nitrogens is 4. The third-order valence-corrected chi connectivity index (χ3v) is 15.0. The Bertz CT molecular complexity index is 1820. The van der Waals surface area contributed by atoms with E-state index in [1.807, 2.05) is 30.5 Å². The number of nitrogens with one attached hydrogen (secondary N) is 3. The molecule has 0 radical (unpaired) electrons. The van der Waals surface area contributed by atoms with Crippen LogP contribution in [0.4, 0.5) is 17.2 Å². The summed E-state index contributed by atoms with van der Waals surface area (Å²) in [5, 5.41) is 15.3. The van der Waals surface area contributed by atoms with Gasteiger partial charge in [-0.1, -0.05) is 53.7 Å². The first-order chi connectivity index (χ1) is 22.0. The number of nitrogens with zero attached hydrogens (tertiary/aromatic N) is 3. The SMILES string of the molecule is COC(=O)c1nc(C(C)(C)C)sc1CNc1cccc(-c2cc(Nc3cc(C4CC4)[nH]n3)c(=O)n(C)c2)c1CO[Si](C)(C)C(C)(C)C. The molecule has 0 bridgehead atoms. The number of methoxy groups -OCH3 is 1. The maximum Gasteiger partial charge on any atom is 0.357 e. The zero-order valence-electron chi connectivity index (χ0n) is 29.3. The van der Waals surface area contributed by atoms with Gasteiger partial charge in [0, 0.05) is 53.2 Å². The minimum absolute atomic E-state index is 0.0214. The molecular formula is C35H48N6O4SSi.